The second-order valence-corrected chi connectivity index (χ2v) is 9.42. The molecule has 7 heteroatoms. The molecule has 0 heterocycles. The molecular formula is C21H37N3O3S. The van der Waals surface area contributed by atoms with Crippen LogP contribution < -0.4 is 10.6 Å². The summed E-state index contributed by atoms with van der Waals surface area (Å²) in [4.78, 5) is 4.68. The maximum Gasteiger partial charge on any atom is 0.191 e. The van der Waals surface area contributed by atoms with Gasteiger partial charge in [0.15, 0.2) is 15.8 Å². The number of hydrogen-bond donors (Lipinski definition) is 3. The van der Waals surface area contributed by atoms with Crippen molar-refractivity contribution in [3.05, 3.63) is 35.9 Å². The number of nitrogens with one attached hydrogen (secondary N) is 2. The first-order valence-electron chi connectivity index (χ1n) is 10.3. The van der Waals surface area contributed by atoms with E-state index in [4.69, 9.17) is 0 Å². The van der Waals surface area contributed by atoms with Gasteiger partial charge in [-0.1, -0.05) is 44.2 Å². The van der Waals surface area contributed by atoms with E-state index < -0.39 is 9.84 Å². The van der Waals surface area contributed by atoms with Crippen LogP contribution in [-0.4, -0.2) is 51.5 Å². The molecule has 6 nitrogen and oxygen atoms in total. The van der Waals surface area contributed by atoms with Gasteiger partial charge in [-0.15, -0.1) is 0 Å². The number of benzene rings is 1. The van der Waals surface area contributed by atoms with E-state index in [0.29, 0.717) is 25.5 Å². The molecule has 0 aromatic heterocycles. The minimum Gasteiger partial charge on any atom is -0.396 e. The molecule has 0 aliphatic rings. The molecule has 1 aromatic rings. The Morgan fingerprint density at radius 2 is 1.79 bits per heavy atom. The minimum absolute atomic E-state index is 0.0100. The fraction of sp³-hybridized carbons (Fsp3) is 0.667. The number of nitrogens with zero attached hydrogens (tertiary/aromatic N) is 1. The number of hydrogen-bond acceptors (Lipinski definition) is 4. The summed E-state index contributed by atoms with van der Waals surface area (Å²) >= 11 is 0. The van der Waals surface area contributed by atoms with E-state index in [1.807, 2.05) is 37.3 Å². The number of aliphatic hydroxyl groups is 1. The molecule has 0 aliphatic heterocycles. The molecule has 3 N–H and O–H groups in total. The zero-order valence-corrected chi connectivity index (χ0v) is 18.4. The van der Waals surface area contributed by atoms with Crippen molar-refractivity contribution >= 4 is 15.8 Å². The number of aliphatic hydroxyl groups excluding tert-OH is 1. The average molecular weight is 412 g/mol. The molecule has 0 fully saturated rings. The lowest BCUT2D eigenvalue weighted by atomic mass is 9.79. The summed E-state index contributed by atoms with van der Waals surface area (Å²) in [6.45, 7) is 8.36. The standard InChI is InChI=1S/C21H37N3O3S/c1-4-21(5-2,13-15-25)18-24-20(22-6-3)23-14-10-16-28(26,27)17-19-11-8-7-9-12-19/h7-9,11-12,25H,4-6,10,13-18H2,1-3H3,(H2,22,23,24). The molecule has 28 heavy (non-hydrogen) atoms. The normalized spacial score (nSPS) is 12.8. The first-order valence-corrected chi connectivity index (χ1v) is 12.1. The fourth-order valence-corrected chi connectivity index (χ4v) is 4.56. The Labute approximate surface area is 170 Å². The SMILES string of the molecule is CCNC(=NCC(CC)(CC)CCO)NCCCS(=O)(=O)Cc1ccccc1. The monoisotopic (exact) mass is 411 g/mol. The summed E-state index contributed by atoms with van der Waals surface area (Å²) < 4.78 is 24.6. The molecule has 0 spiro atoms. The molecule has 160 valence electrons. The molecule has 0 saturated heterocycles. The fourth-order valence-electron chi connectivity index (χ4n) is 3.13. The molecule has 0 aliphatic carbocycles. The molecule has 0 bridgehead atoms. The maximum absolute atomic E-state index is 12.3. The Morgan fingerprint density at radius 3 is 2.36 bits per heavy atom. The van der Waals surface area contributed by atoms with Crippen molar-refractivity contribution in [1.29, 1.82) is 0 Å². The van der Waals surface area contributed by atoms with E-state index in [9.17, 15) is 13.5 Å². The van der Waals surface area contributed by atoms with Gasteiger partial charge < -0.3 is 15.7 Å². The van der Waals surface area contributed by atoms with Crippen molar-refractivity contribution in [2.24, 2.45) is 10.4 Å². The van der Waals surface area contributed by atoms with E-state index in [0.717, 1.165) is 31.4 Å². The molecule has 0 saturated carbocycles. The molecule has 1 rings (SSSR count). The lowest BCUT2D eigenvalue weighted by Gasteiger charge is -2.29. The average Bonchev–Trinajstić information content (AvgIpc) is 2.68. The predicted molar refractivity (Wildman–Crippen MR) is 117 cm³/mol. The Kier molecular flexibility index (Phi) is 11.2. The predicted octanol–water partition coefficient (Wildman–Crippen LogP) is 2.74. The summed E-state index contributed by atoms with van der Waals surface area (Å²) in [6.07, 6.45) is 3.19. The van der Waals surface area contributed by atoms with Gasteiger partial charge in [0.1, 0.15) is 0 Å². The summed E-state index contributed by atoms with van der Waals surface area (Å²) in [5.74, 6) is 0.929. The van der Waals surface area contributed by atoms with Crippen LogP contribution in [0.2, 0.25) is 0 Å². The molecule has 0 unspecified atom stereocenters. The van der Waals surface area contributed by atoms with Crippen molar-refractivity contribution in [3.63, 3.8) is 0 Å². The number of guanidine groups is 1. The second kappa shape index (κ2) is 12.8. The van der Waals surface area contributed by atoms with Gasteiger partial charge in [-0.05, 0) is 43.6 Å². The van der Waals surface area contributed by atoms with Crippen molar-refractivity contribution in [2.45, 2.75) is 52.2 Å². The molecule has 0 radical (unpaired) electrons. The minimum atomic E-state index is -3.12. The third-order valence-corrected chi connectivity index (χ3v) is 6.90. The van der Waals surface area contributed by atoms with E-state index in [2.05, 4.69) is 29.5 Å². The van der Waals surface area contributed by atoms with Crippen LogP contribution in [0.15, 0.2) is 35.3 Å². The first-order chi connectivity index (χ1) is 13.4. The highest BCUT2D eigenvalue weighted by atomic mass is 32.2. The van der Waals surface area contributed by atoms with E-state index in [-0.39, 0.29) is 23.5 Å². The highest BCUT2D eigenvalue weighted by molar-refractivity contribution is 7.90. The Hall–Kier alpha value is -1.60. The molecular weight excluding hydrogens is 374 g/mol. The number of rotatable bonds is 13. The summed E-state index contributed by atoms with van der Waals surface area (Å²) in [5.41, 5.74) is 0.834. The second-order valence-electron chi connectivity index (χ2n) is 7.23. The number of aliphatic imine (C=N–C) groups is 1. The Bertz CT molecular complexity index is 671. The van der Waals surface area contributed by atoms with Crippen LogP contribution in [0.3, 0.4) is 0 Å². The summed E-state index contributed by atoms with van der Waals surface area (Å²) in [5, 5.41) is 15.8. The first kappa shape index (κ1) is 24.4. The van der Waals surface area contributed by atoms with Crippen LogP contribution in [0.25, 0.3) is 0 Å². The highest BCUT2D eigenvalue weighted by Crippen LogP contribution is 2.30. The van der Waals surface area contributed by atoms with Crippen molar-refractivity contribution in [1.82, 2.24) is 10.6 Å². The van der Waals surface area contributed by atoms with Crippen LogP contribution in [0.4, 0.5) is 0 Å². The molecule has 0 amide bonds. The van der Waals surface area contributed by atoms with Gasteiger partial charge in [-0.2, -0.15) is 0 Å². The summed E-state index contributed by atoms with van der Waals surface area (Å²) in [6, 6.07) is 9.27. The van der Waals surface area contributed by atoms with Gasteiger partial charge in [0, 0.05) is 26.2 Å². The lowest BCUT2D eigenvalue weighted by Crippen LogP contribution is -2.39. The van der Waals surface area contributed by atoms with Crippen molar-refractivity contribution in [3.8, 4) is 0 Å². The van der Waals surface area contributed by atoms with Crippen molar-refractivity contribution < 1.29 is 13.5 Å². The molecule has 1 aromatic carbocycles. The van der Waals surface area contributed by atoms with E-state index in [1.165, 1.54) is 0 Å². The maximum atomic E-state index is 12.3. The van der Waals surface area contributed by atoms with Gasteiger partial charge in [0.2, 0.25) is 0 Å². The zero-order valence-electron chi connectivity index (χ0n) is 17.6. The van der Waals surface area contributed by atoms with Crippen LogP contribution in [0.5, 0.6) is 0 Å². The third kappa shape index (κ3) is 9.06. The third-order valence-electron chi connectivity index (χ3n) is 5.21. The van der Waals surface area contributed by atoms with Crippen LogP contribution in [0.1, 0.15) is 52.0 Å². The van der Waals surface area contributed by atoms with Crippen LogP contribution in [0, 0.1) is 5.41 Å². The quantitative estimate of drug-likeness (QED) is 0.264. The highest BCUT2D eigenvalue weighted by Gasteiger charge is 2.25. The van der Waals surface area contributed by atoms with Crippen LogP contribution in [-0.2, 0) is 15.6 Å². The van der Waals surface area contributed by atoms with Gasteiger partial charge in [-0.25, -0.2) is 8.42 Å². The van der Waals surface area contributed by atoms with Crippen LogP contribution >= 0.6 is 0 Å². The Morgan fingerprint density at radius 1 is 1.11 bits per heavy atom. The van der Waals surface area contributed by atoms with E-state index >= 15 is 0 Å². The van der Waals surface area contributed by atoms with Crippen molar-refractivity contribution in [2.75, 3.05) is 32.0 Å². The van der Waals surface area contributed by atoms with Gasteiger partial charge in [-0.3, -0.25) is 4.99 Å². The van der Waals surface area contributed by atoms with Gasteiger partial charge in [0.05, 0.1) is 11.5 Å². The lowest BCUT2D eigenvalue weighted by molar-refractivity contribution is 0.175. The Balaban J connectivity index is 2.54. The summed E-state index contributed by atoms with van der Waals surface area (Å²) in [7, 11) is -3.12. The van der Waals surface area contributed by atoms with E-state index in [1.54, 1.807) is 0 Å². The largest absolute Gasteiger partial charge is 0.396 e. The zero-order chi connectivity index (χ0) is 20.9. The topological polar surface area (TPSA) is 90.8 Å². The van der Waals surface area contributed by atoms with Gasteiger partial charge >= 0.3 is 0 Å². The van der Waals surface area contributed by atoms with Gasteiger partial charge in [0.25, 0.3) is 0 Å². The molecule has 0 atom stereocenters. The smallest absolute Gasteiger partial charge is 0.191 e. The number of sulfone groups is 1.